The van der Waals surface area contributed by atoms with Crippen LogP contribution in [-0.4, -0.2) is 29.2 Å². The van der Waals surface area contributed by atoms with Gasteiger partial charge in [0.25, 0.3) is 0 Å². The van der Waals surface area contributed by atoms with Gasteiger partial charge in [0, 0.05) is 6.54 Å². The molecule has 0 radical (unpaired) electrons. The van der Waals surface area contributed by atoms with Gasteiger partial charge in [-0.1, -0.05) is 12.1 Å². The second-order valence-electron chi connectivity index (χ2n) is 3.40. The van der Waals surface area contributed by atoms with Crippen molar-refractivity contribution in [3.63, 3.8) is 0 Å². The number of aliphatic carboxylic acids is 1. The van der Waals surface area contributed by atoms with E-state index in [1.165, 1.54) is 7.11 Å². The Morgan fingerprint density at radius 1 is 1.39 bits per heavy atom. The highest BCUT2D eigenvalue weighted by Gasteiger charge is 2.07. The van der Waals surface area contributed by atoms with Crippen molar-refractivity contribution >= 4 is 11.9 Å². The number of methoxy groups -OCH3 is 1. The summed E-state index contributed by atoms with van der Waals surface area (Å²) in [7, 11) is 1.53. The monoisotopic (exact) mass is 251 g/mol. The molecule has 1 amide bonds. The Morgan fingerprint density at radius 3 is 2.72 bits per heavy atom. The molecule has 0 aliphatic carbocycles. The van der Waals surface area contributed by atoms with E-state index in [0.717, 1.165) is 5.56 Å². The van der Waals surface area contributed by atoms with Crippen LogP contribution in [0.5, 0.6) is 5.75 Å². The van der Waals surface area contributed by atoms with Crippen LogP contribution in [0.25, 0.3) is 0 Å². The maximum atomic E-state index is 11.2. The van der Waals surface area contributed by atoms with E-state index in [0.29, 0.717) is 11.8 Å². The fraction of sp³-hybridized carbons (Fsp3) is 0.167. The third-order valence-electron chi connectivity index (χ3n) is 2.09. The summed E-state index contributed by atoms with van der Waals surface area (Å²) >= 11 is 0. The van der Waals surface area contributed by atoms with Crippen LogP contribution >= 0.6 is 0 Å². The minimum absolute atomic E-state index is 0.208. The van der Waals surface area contributed by atoms with E-state index in [-0.39, 0.29) is 6.54 Å². The van der Waals surface area contributed by atoms with E-state index >= 15 is 0 Å². The highest BCUT2D eigenvalue weighted by Crippen LogP contribution is 2.12. The lowest BCUT2D eigenvalue weighted by Crippen LogP contribution is -2.21. The lowest BCUT2D eigenvalue weighted by atomic mass is 10.2. The molecule has 0 unspecified atom stereocenters. The number of carboxylic acids is 1. The smallest absolute Gasteiger partial charge is 0.371 e. The fourth-order valence-electron chi connectivity index (χ4n) is 1.21. The summed E-state index contributed by atoms with van der Waals surface area (Å²) in [4.78, 5) is 21.5. The number of aliphatic hydroxyl groups is 1. The minimum atomic E-state index is -1.55. The van der Waals surface area contributed by atoms with Crippen LogP contribution in [0.3, 0.4) is 0 Å². The number of benzene rings is 1. The predicted octanol–water partition coefficient (Wildman–Crippen LogP) is 0.838. The molecule has 0 bridgehead atoms. The molecule has 96 valence electrons. The summed E-state index contributed by atoms with van der Waals surface area (Å²) in [6.45, 7) is 0.208. The number of nitrogens with one attached hydrogen (secondary N) is 1. The van der Waals surface area contributed by atoms with Gasteiger partial charge in [0.2, 0.25) is 11.7 Å². The topological polar surface area (TPSA) is 95.9 Å². The van der Waals surface area contributed by atoms with E-state index in [2.05, 4.69) is 5.32 Å². The Morgan fingerprint density at radius 2 is 2.11 bits per heavy atom. The zero-order chi connectivity index (χ0) is 13.5. The molecular formula is C12H13NO5. The van der Waals surface area contributed by atoms with Gasteiger partial charge in [0.05, 0.1) is 13.2 Å². The van der Waals surface area contributed by atoms with Gasteiger partial charge >= 0.3 is 5.97 Å². The molecule has 0 spiro atoms. The van der Waals surface area contributed by atoms with Crippen molar-refractivity contribution in [1.82, 2.24) is 5.32 Å². The van der Waals surface area contributed by atoms with Crippen molar-refractivity contribution in [2.24, 2.45) is 0 Å². The summed E-state index contributed by atoms with van der Waals surface area (Å²) in [6, 6.07) is 7.05. The molecule has 0 aliphatic rings. The maximum Gasteiger partial charge on any atom is 0.371 e. The number of carbonyl (C=O) groups is 2. The minimum Gasteiger partial charge on any atom is -0.502 e. The Hall–Kier alpha value is -2.50. The van der Waals surface area contributed by atoms with Crippen molar-refractivity contribution < 1.29 is 24.5 Å². The Labute approximate surface area is 104 Å². The average molecular weight is 251 g/mol. The highest BCUT2D eigenvalue weighted by atomic mass is 16.5. The molecule has 18 heavy (non-hydrogen) atoms. The largest absolute Gasteiger partial charge is 0.502 e. The molecule has 0 fully saturated rings. The first-order valence-electron chi connectivity index (χ1n) is 5.07. The molecule has 0 saturated heterocycles. The third kappa shape index (κ3) is 4.17. The Kier molecular flexibility index (Phi) is 4.74. The van der Waals surface area contributed by atoms with Gasteiger partial charge in [0.1, 0.15) is 5.75 Å². The summed E-state index contributed by atoms with van der Waals surface area (Å²) in [5.41, 5.74) is 0.797. The molecule has 0 saturated carbocycles. The molecule has 1 aromatic carbocycles. The van der Waals surface area contributed by atoms with E-state index in [4.69, 9.17) is 14.9 Å². The first-order valence-corrected chi connectivity index (χ1v) is 5.07. The fourth-order valence-corrected chi connectivity index (χ4v) is 1.21. The van der Waals surface area contributed by atoms with E-state index in [1.54, 1.807) is 24.3 Å². The molecule has 0 atom stereocenters. The zero-order valence-corrected chi connectivity index (χ0v) is 9.71. The first-order chi connectivity index (χ1) is 8.52. The molecule has 1 aromatic rings. The van der Waals surface area contributed by atoms with E-state index < -0.39 is 17.6 Å². The van der Waals surface area contributed by atoms with Crippen molar-refractivity contribution in [2.45, 2.75) is 6.54 Å². The van der Waals surface area contributed by atoms with Crippen LogP contribution in [0.4, 0.5) is 0 Å². The number of hydrogen-bond donors (Lipinski definition) is 3. The molecule has 6 heteroatoms. The predicted molar refractivity (Wildman–Crippen MR) is 63.2 cm³/mol. The van der Waals surface area contributed by atoms with Gasteiger partial charge in [-0.25, -0.2) is 4.79 Å². The van der Waals surface area contributed by atoms with Gasteiger partial charge in [0.15, 0.2) is 0 Å². The summed E-state index contributed by atoms with van der Waals surface area (Å²) in [5, 5.41) is 19.7. The van der Waals surface area contributed by atoms with Gasteiger partial charge in [-0.05, 0) is 17.7 Å². The van der Waals surface area contributed by atoms with Crippen LogP contribution in [0, 0.1) is 0 Å². The molecule has 3 N–H and O–H groups in total. The van der Waals surface area contributed by atoms with Crippen molar-refractivity contribution in [3.8, 4) is 5.75 Å². The molecule has 6 nitrogen and oxygen atoms in total. The maximum absolute atomic E-state index is 11.2. The Balaban J connectivity index is 2.57. The van der Waals surface area contributed by atoms with Crippen LogP contribution in [0.15, 0.2) is 36.1 Å². The standard InChI is InChI=1S/C12H13NO5/c1-18-9-4-2-3-8(5-9)7-13-11(15)6-10(14)12(16)17/h2-6,14H,7H2,1H3,(H,13,15)(H,16,17)/b10-6-. The van der Waals surface area contributed by atoms with E-state index in [9.17, 15) is 9.59 Å². The summed E-state index contributed by atoms with van der Waals surface area (Å²) in [6.07, 6.45) is 0.614. The second-order valence-corrected chi connectivity index (χ2v) is 3.40. The van der Waals surface area contributed by atoms with Crippen molar-refractivity contribution in [1.29, 1.82) is 0 Å². The molecule has 1 rings (SSSR count). The summed E-state index contributed by atoms with van der Waals surface area (Å²) < 4.78 is 5.02. The summed E-state index contributed by atoms with van der Waals surface area (Å²) in [5.74, 6) is -2.58. The molecular weight excluding hydrogens is 238 g/mol. The van der Waals surface area contributed by atoms with Crippen LogP contribution < -0.4 is 10.1 Å². The quantitative estimate of drug-likeness (QED) is 0.532. The number of amides is 1. The first kappa shape index (κ1) is 13.6. The molecule has 0 aromatic heterocycles. The normalized spacial score (nSPS) is 10.8. The van der Waals surface area contributed by atoms with Gasteiger partial charge in [-0.2, -0.15) is 0 Å². The highest BCUT2D eigenvalue weighted by molar-refractivity contribution is 5.95. The SMILES string of the molecule is COc1cccc(CNC(=O)/C=C(\O)C(=O)O)c1. The van der Waals surface area contributed by atoms with Crippen LogP contribution in [0.1, 0.15) is 5.56 Å². The number of rotatable bonds is 5. The lowest BCUT2D eigenvalue weighted by molar-refractivity contribution is -0.136. The lowest BCUT2D eigenvalue weighted by Gasteiger charge is -2.05. The van der Waals surface area contributed by atoms with Crippen LogP contribution in [0.2, 0.25) is 0 Å². The number of carbonyl (C=O) groups excluding carboxylic acids is 1. The van der Waals surface area contributed by atoms with Crippen molar-refractivity contribution in [3.05, 3.63) is 41.7 Å². The number of aliphatic hydroxyl groups excluding tert-OH is 1. The average Bonchev–Trinajstić information content (AvgIpc) is 2.36. The Bertz CT molecular complexity index is 481. The number of carboxylic acid groups (broad SMARTS) is 1. The van der Waals surface area contributed by atoms with E-state index in [1.807, 2.05) is 0 Å². The zero-order valence-electron chi connectivity index (χ0n) is 9.71. The molecule has 0 aliphatic heterocycles. The van der Waals surface area contributed by atoms with Crippen molar-refractivity contribution in [2.75, 3.05) is 7.11 Å². The van der Waals surface area contributed by atoms with Crippen LogP contribution in [-0.2, 0) is 16.1 Å². The van der Waals surface area contributed by atoms with Gasteiger partial charge in [-0.15, -0.1) is 0 Å². The van der Waals surface area contributed by atoms with Gasteiger partial charge in [-0.3, -0.25) is 4.79 Å². The second kappa shape index (κ2) is 6.29. The molecule has 0 heterocycles. The number of ether oxygens (including phenoxy) is 1. The number of hydrogen-bond acceptors (Lipinski definition) is 4. The van der Waals surface area contributed by atoms with Gasteiger partial charge < -0.3 is 20.3 Å². The third-order valence-corrected chi connectivity index (χ3v) is 2.09.